The molecule has 0 spiro atoms. The minimum Gasteiger partial charge on any atom is -0.338 e. The normalized spacial score (nSPS) is 28.8. The molecule has 0 aromatic carbocycles. The summed E-state index contributed by atoms with van der Waals surface area (Å²) in [6, 6.07) is 2.04. The number of carbonyl (C=O) groups excluding carboxylic acids is 2. The second-order valence-corrected chi connectivity index (χ2v) is 7.70. The molecular weight excluding hydrogens is 304 g/mol. The zero-order valence-electron chi connectivity index (χ0n) is 14.5. The molecule has 1 aromatic heterocycles. The molecule has 0 saturated carbocycles. The van der Waals surface area contributed by atoms with Gasteiger partial charge >= 0.3 is 0 Å². The number of nitrogens with zero attached hydrogens (tertiary/aromatic N) is 4. The van der Waals surface area contributed by atoms with Gasteiger partial charge in [-0.3, -0.25) is 14.3 Å². The molecule has 1 aliphatic heterocycles. The van der Waals surface area contributed by atoms with E-state index in [9.17, 15) is 14.9 Å². The van der Waals surface area contributed by atoms with Crippen LogP contribution in [-0.2, 0) is 11.8 Å². The second kappa shape index (κ2) is 5.30. The summed E-state index contributed by atoms with van der Waals surface area (Å²) >= 11 is 0. The van der Waals surface area contributed by atoms with Crippen molar-refractivity contribution >= 4 is 11.7 Å². The predicted octanol–water partition coefficient (Wildman–Crippen LogP) is 1.95. The fraction of sp³-hybridized carbons (Fsp3) is 0.556. The van der Waals surface area contributed by atoms with Crippen LogP contribution in [0.5, 0.6) is 0 Å². The van der Waals surface area contributed by atoms with Gasteiger partial charge in [-0.2, -0.15) is 10.4 Å². The molecule has 0 bridgehead atoms. The summed E-state index contributed by atoms with van der Waals surface area (Å²) in [5.74, 6) is -0.0172. The van der Waals surface area contributed by atoms with Crippen LogP contribution in [0.1, 0.15) is 37.6 Å². The lowest BCUT2D eigenvalue weighted by atomic mass is 9.55. The van der Waals surface area contributed by atoms with Crippen LogP contribution in [0, 0.1) is 28.1 Å². The van der Waals surface area contributed by atoms with Crippen LogP contribution in [0.25, 0.3) is 0 Å². The van der Waals surface area contributed by atoms with E-state index in [1.807, 2.05) is 31.7 Å². The number of amides is 1. The van der Waals surface area contributed by atoms with Crippen molar-refractivity contribution in [2.45, 2.75) is 27.2 Å². The number of likely N-dealkylation sites (tertiary alicyclic amines) is 1. The first-order valence-corrected chi connectivity index (χ1v) is 8.15. The zero-order chi connectivity index (χ0) is 17.7. The number of nitriles is 1. The molecule has 3 rings (SSSR count). The topological polar surface area (TPSA) is 79.0 Å². The van der Waals surface area contributed by atoms with Crippen LogP contribution in [0.4, 0.5) is 0 Å². The van der Waals surface area contributed by atoms with Gasteiger partial charge in [0.25, 0.3) is 5.91 Å². The molecule has 24 heavy (non-hydrogen) atoms. The molecule has 6 heteroatoms. The number of carbonyl (C=O) groups is 2. The monoisotopic (exact) mass is 326 g/mol. The van der Waals surface area contributed by atoms with Gasteiger partial charge in [0.15, 0.2) is 5.78 Å². The van der Waals surface area contributed by atoms with Gasteiger partial charge in [-0.05, 0) is 12.3 Å². The van der Waals surface area contributed by atoms with Crippen molar-refractivity contribution in [2.24, 2.45) is 23.8 Å². The van der Waals surface area contributed by atoms with E-state index in [1.54, 1.807) is 30.2 Å². The Kier molecular flexibility index (Phi) is 3.63. The Hall–Kier alpha value is -2.42. The Morgan fingerprint density at radius 1 is 1.42 bits per heavy atom. The number of fused-ring (bicyclic) bond motifs is 1. The molecule has 2 atom stereocenters. The van der Waals surface area contributed by atoms with Gasteiger partial charge in [-0.25, -0.2) is 0 Å². The van der Waals surface area contributed by atoms with Crippen molar-refractivity contribution < 1.29 is 9.59 Å². The first-order chi connectivity index (χ1) is 11.2. The lowest BCUT2D eigenvalue weighted by Crippen LogP contribution is -2.56. The van der Waals surface area contributed by atoms with Crippen LogP contribution in [-0.4, -0.2) is 39.5 Å². The van der Waals surface area contributed by atoms with Gasteiger partial charge in [-0.15, -0.1) is 0 Å². The molecule has 0 unspecified atom stereocenters. The first kappa shape index (κ1) is 16.4. The van der Waals surface area contributed by atoms with Crippen molar-refractivity contribution in [1.82, 2.24) is 14.7 Å². The van der Waals surface area contributed by atoms with Crippen LogP contribution < -0.4 is 0 Å². The van der Waals surface area contributed by atoms with Crippen LogP contribution in [0.15, 0.2) is 24.0 Å². The van der Waals surface area contributed by atoms with Crippen LogP contribution in [0.3, 0.4) is 0 Å². The third-order valence-electron chi connectivity index (χ3n) is 5.55. The third-order valence-corrected chi connectivity index (χ3v) is 5.55. The highest BCUT2D eigenvalue weighted by molar-refractivity contribution is 6.04. The number of piperidine rings is 1. The predicted molar refractivity (Wildman–Crippen MR) is 87.8 cm³/mol. The summed E-state index contributed by atoms with van der Waals surface area (Å²) in [6.07, 6.45) is 5.81. The standard InChI is InChI=1S/C18H22N4O2/c1-17(2)14-5-6-22(16(24)13-9-20-21(4)10-13)11-18(14,3)7-12(8-19)15(17)23/h7,9-10,14H,5-6,11H2,1-4H3/t14-,18+/m0/s1. The number of Topliss-reactive ketones (excluding diaryl/α,β-unsaturated/α-hetero) is 1. The van der Waals surface area contributed by atoms with Crippen molar-refractivity contribution in [2.75, 3.05) is 13.1 Å². The number of rotatable bonds is 1. The largest absolute Gasteiger partial charge is 0.338 e. The molecule has 0 radical (unpaired) electrons. The summed E-state index contributed by atoms with van der Waals surface area (Å²) < 4.78 is 1.61. The van der Waals surface area contributed by atoms with E-state index in [-0.39, 0.29) is 28.6 Å². The van der Waals surface area contributed by atoms with Crippen molar-refractivity contribution in [3.8, 4) is 6.07 Å². The van der Waals surface area contributed by atoms with Gasteiger partial charge < -0.3 is 4.90 Å². The number of hydrogen-bond acceptors (Lipinski definition) is 4. The van der Waals surface area contributed by atoms with E-state index in [0.717, 1.165) is 6.42 Å². The number of hydrogen-bond donors (Lipinski definition) is 0. The first-order valence-electron chi connectivity index (χ1n) is 8.15. The Morgan fingerprint density at radius 3 is 2.71 bits per heavy atom. The Morgan fingerprint density at radius 2 is 2.12 bits per heavy atom. The molecular formula is C18H22N4O2. The van der Waals surface area contributed by atoms with Gasteiger partial charge in [0.2, 0.25) is 0 Å². The maximum atomic E-state index is 12.7. The minimum atomic E-state index is -0.585. The van der Waals surface area contributed by atoms with Gasteiger partial charge in [0.1, 0.15) is 6.07 Å². The van der Waals surface area contributed by atoms with E-state index in [1.165, 1.54) is 0 Å². The molecule has 1 amide bonds. The quantitative estimate of drug-likeness (QED) is 0.790. The molecule has 1 aliphatic carbocycles. The molecule has 126 valence electrons. The van der Waals surface area contributed by atoms with E-state index in [2.05, 4.69) is 5.10 Å². The van der Waals surface area contributed by atoms with Gasteiger partial charge in [0, 0.05) is 37.2 Å². The number of allylic oxidation sites excluding steroid dienone is 1. The Labute approximate surface area is 141 Å². The van der Waals surface area contributed by atoms with E-state index >= 15 is 0 Å². The summed E-state index contributed by atoms with van der Waals surface area (Å²) in [7, 11) is 1.78. The Balaban J connectivity index is 1.93. The summed E-state index contributed by atoms with van der Waals surface area (Å²) in [5.41, 5.74) is -0.180. The molecule has 2 aliphatic rings. The number of ketones is 1. The second-order valence-electron chi connectivity index (χ2n) is 7.70. The summed E-state index contributed by atoms with van der Waals surface area (Å²) in [5, 5.41) is 13.4. The Bertz CT molecular complexity index is 783. The van der Waals surface area contributed by atoms with Crippen LogP contribution in [0.2, 0.25) is 0 Å². The SMILES string of the molecule is Cn1cc(C(=O)N2CC[C@H]3C(C)(C)C(=O)C(C#N)=C[C@]3(C)C2)cn1. The molecule has 1 aromatic rings. The fourth-order valence-corrected chi connectivity index (χ4v) is 4.42. The molecule has 0 N–H and O–H groups in total. The lowest BCUT2D eigenvalue weighted by molar-refractivity contribution is -0.131. The van der Waals surface area contributed by atoms with Gasteiger partial charge in [0.05, 0.1) is 17.3 Å². The fourth-order valence-electron chi connectivity index (χ4n) is 4.42. The number of aromatic nitrogens is 2. The van der Waals surface area contributed by atoms with E-state index in [0.29, 0.717) is 18.7 Å². The van der Waals surface area contributed by atoms with Crippen LogP contribution >= 0.6 is 0 Å². The maximum absolute atomic E-state index is 12.7. The van der Waals surface area contributed by atoms with Crippen molar-refractivity contribution in [3.05, 3.63) is 29.6 Å². The van der Waals surface area contributed by atoms with E-state index < -0.39 is 5.41 Å². The summed E-state index contributed by atoms with van der Waals surface area (Å²) in [4.78, 5) is 27.1. The molecule has 1 saturated heterocycles. The van der Waals surface area contributed by atoms with Crippen molar-refractivity contribution in [1.29, 1.82) is 5.26 Å². The van der Waals surface area contributed by atoms with Gasteiger partial charge in [-0.1, -0.05) is 26.8 Å². The average Bonchev–Trinajstić information content (AvgIpc) is 2.96. The smallest absolute Gasteiger partial charge is 0.257 e. The highest BCUT2D eigenvalue weighted by Gasteiger charge is 2.53. The highest BCUT2D eigenvalue weighted by atomic mass is 16.2. The third kappa shape index (κ3) is 2.35. The zero-order valence-corrected chi connectivity index (χ0v) is 14.5. The highest BCUT2D eigenvalue weighted by Crippen LogP contribution is 2.52. The maximum Gasteiger partial charge on any atom is 0.257 e. The molecule has 6 nitrogen and oxygen atoms in total. The minimum absolute atomic E-state index is 0.0515. The van der Waals surface area contributed by atoms with Crippen molar-refractivity contribution in [3.63, 3.8) is 0 Å². The summed E-state index contributed by atoms with van der Waals surface area (Å²) in [6.45, 7) is 7.00. The lowest BCUT2D eigenvalue weighted by Gasteiger charge is -2.52. The van der Waals surface area contributed by atoms with E-state index in [4.69, 9.17) is 0 Å². The average molecular weight is 326 g/mol. The molecule has 1 fully saturated rings. The number of aryl methyl sites for hydroxylation is 1. The molecule has 2 heterocycles.